The zero-order valence-corrected chi connectivity index (χ0v) is 13.4. The van der Waals surface area contributed by atoms with E-state index >= 15 is 0 Å². The first-order chi connectivity index (χ1) is 11.1. The molecule has 1 aromatic carbocycles. The van der Waals surface area contributed by atoms with Crippen molar-refractivity contribution in [3.63, 3.8) is 0 Å². The maximum atomic E-state index is 5.63. The Bertz CT molecular complexity index is 840. The summed E-state index contributed by atoms with van der Waals surface area (Å²) in [6.07, 6.45) is 5.35. The van der Waals surface area contributed by atoms with E-state index in [1.165, 1.54) is 0 Å². The predicted molar refractivity (Wildman–Crippen MR) is 91.5 cm³/mol. The van der Waals surface area contributed by atoms with E-state index in [4.69, 9.17) is 9.40 Å². The molecule has 0 radical (unpaired) electrons. The van der Waals surface area contributed by atoms with Crippen LogP contribution in [0.1, 0.15) is 13.8 Å². The third-order valence-corrected chi connectivity index (χ3v) is 4.27. The zero-order chi connectivity index (χ0) is 15.9. The SMILES string of the molecule is CC1(C)CN(c2cncc(-c3cccc4ccoc34)n2)CCN1. The van der Waals surface area contributed by atoms with E-state index in [9.17, 15) is 0 Å². The molecule has 1 N–H and O–H groups in total. The van der Waals surface area contributed by atoms with Gasteiger partial charge in [-0.2, -0.15) is 0 Å². The van der Waals surface area contributed by atoms with Crippen molar-refractivity contribution in [2.75, 3.05) is 24.5 Å². The van der Waals surface area contributed by atoms with Gasteiger partial charge in [0.25, 0.3) is 0 Å². The molecule has 0 aliphatic carbocycles. The number of rotatable bonds is 2. The van der Waals surface area contributed by atoms with Gasteiger partial charge < -0.3 is 14.6 Å². The number of fused-ring (bicyclic) bond motifs is 1. The molecule has 1 aliphatic heterocycles. The fourth-order valence-electron chi connectivity index (χ4n) is 3.17. The van der Waals surface area contributed by atoms with Crippen LogP contribution in [-0.2, 0) is 0 Å². The minimum atomic E-state index is 0.0803. The van der Waals surface area contributed by atoms with Crippen LogP contribution in [0.25, 0.3) is 22.2 Å². The first-order valence-electron chi connectivity index (χ1n) is 7.91. The van der Waals surface area contributed by atoms with Crippen molar-refractivity contribution < 1.29 is 4.42 Å². The molecule has 1 fully saturated rings. The molecule has 1 saturated heterocycles. The van der Waals surface area contributed by atoms with Crippen LogP contribution in [0.2, 0.25) is 0 Å². The Kier molecular flexibility index (Phi) is 3.31. The molecule has 5 heteroatoms. The number of hydrogen-bond donors (Lipinski definition) is 1. The summed E-state index contributed by atoms with van der Waals surface area (Å²) in [7, 11) is 0. The minimum Gasteiger partial charge on any atom is -0.464 e. The van der Waals surface area contributed by atoms with Gasteiger partial charge >= 0.3 is 0 Å². The number of piperazine rings is 1. The van der Waals surface area contributed by atoms with Crippen LogP contribution in [0, 0.1) is 0 Å². The van der Waals surface area contributed by atoms with Crippen LogP contribution < -0.4 is 10.2 Å². The number of anilines is 1. The van der Waals surface area contributed by atoms with Crippen molar-refractivity contribution in [2.45, 2.75) is 19.4 Å². The van der Waals surface area contributed by atoms with Gasteiger partial charge in [0.15, 0.2) is 0 Å². The van der Waals surface area contributed by atoms with Gasteiger partial charge in [-0.3, -0.25) is 4.98 Å². The number of nitrogens with zero attached hydrogens (tertiary/aromatic N) is 3. The predicted octanol–water partition coefficient (Wildman–Crippen LogP) is 3.08. The molecule has 0 spiro atoms. The van der Waals surface area contributed by atoms with Gasteiger partial charge in [0.1, 0.15) is 11.4 Å². The van der Waals surface area contributed by atoms with Gasteiger partial charge in [-0.15, -0.1) is 0 Å². The summed E-state index contributed by atoms with van der Waals surface area (Å²) in [5.41, 5.74) is 2.77. The highest BCUT2D eigenvalue weighted by Gasteiger charge is 2.26. The average molecular weight is 308 g/mol. The lowest BCUT2D eigenvalue weighted by Crippen LogP contribution is -2.57. The summed E-state index contributed by atoms with van der Waals surface area (Å²) < 4.78 is 5.63. The molecular formula is C18H20N4O. The lowest BCUT2D eigenvalue weighted by molar-refractivity contribution is 0.351. The summed E-state index contributed by atoms with van der Waals surface area (Å²) in [4.78, 5) is 11.5. The van der Waals surface area contributed by atoms with Crippen LogP contribution in [0.5, 0.6) is 0 Å². The molecule has 5 nitrogen and oxygen atoms in total. The average Bonchev–Trinajstić information content (AvgIpc) is 3.02. The fourth-order valence-corrected chi connectivity index (χ4v) is 3.17. The lowest BCUT2D eigenvalue weighted by Gasteiger charge is -2.39. The first-order valence-corrected chi connectivity index (χ1v) is 7.91. The second-order valence-corrected chi connectivity index (χ2v) is 6.64. The molecule has 0 bridgehead atoms. The highest BCUT2D eigenvalue weighted by molar-refractivity contribution is 5.91. The number of hydrogen-bond acceptors (Lipinski definition) is 5. The largest absolute Gasteiger partial charge is 0.464 e. The highest BCUT2D eigenvalue weighted by atomic mass is 16.3. The van der Waals surface area contributed by atoms with Gasteiger partial charge in [0.2, 0.25) is 0 Å². The molecule has 0 saturated carbocycles. The number of nitrogens with one attached hydrogen (secondary N) is 1. The molecule has 0 atom stereocenters. The van der Waals surface area contributed by atoms with Crippen molar-refractivity contribution in [1.29, 1.82) is 0 Å². The lowest BCUT2D eigenvalue weighted by atomic mass is 10.0. The van der Waals surface area contributed by atoms with Gasteiger partial charge in [0.05, 0.1) is 24.4 Å². The Balaban J connectivity index is 1.73. The fraction of sp³-hybridized carbons (Fsp3) is 0.333. The van der Waals surface area contributed by atoms with E-state index in [1.807, 2.05) is 30.5 Å². The zero-order valence-electron chi connectivity index (χ0n) is 13.4. The van der Waals surface area contributed by atoms with Crippen LogP contribution in [0.4, 0.5) is 5.82 Å². The number of benzene rings is 1. The number of aromatic nitrogens is 2. The smallest absolute Gasteiger partial charge is 0.147 e. The summed E-state index contributed by atoms with van der Waals surface area (Å²) >= 11 is 0. The molecule has 118 valence electrons. The molecule has 23 heavy (non-hydrogen) atoms. The van der Waals surface area contributed by atoms with E-state index in [0.717, 1.165) is 47.7 Å². The molecule has 0 amide bonds. The molecule has 2 aromatic heterocycles. The maximum Gasteiger partial charge on any atom is 0.147 e. The minimum absolute atomic E-state index is 0.0803. The van der Waals surface area contributed by atoms with Crippen molar-refractivity contribution in [1.82, 2.24) is 15.3 Å². The normalized spacial score (nSPS) is 17.6. The van der Waals surface area contributed by atoms with Gasteiger partial charge in [-0.1, -0.05) is 12.1 Å². The third kappa shape index (κ3) is 2.68. The van der Waals surface area contributed by atoms with Crippen molar-refractivity contribution in [3.8, 4) is 11.3 Å². The van der Waals surface area contributed by atoms with Crippen LogP contribution in [-0.4, -0.2) is 35.1 Å². The Morgan fingerprint density at radius 3 is 3.00 bits per heavy atom. The Morgan fingerprint density at radius 2 is 2.13 bits per heavy atom. The molecule has 0 unspecified atom stereocenters. The molecule has 4 rings (SSSR count). The number of furan rings is 1. The van der Waals surface area contributed by atoms with E-state index in [1.54, 1.807) is 12.5 Å². The van der Waals surface area contributed by atoms with Gasteiger partial charge in [0, 0.05) is 36.1 Å². The molecule has 1 aliphatic rings. The Morgan fingerprint density at radius 1 is 1.22 bits per heavy atom. The van der Waals surface area contributed by atoms with Crippen LogP contribution >= 0.6 is 0 Å². The Hall–Kier alpha value is -2.40. The second-order valence-electron chi connectivity index (χ2n) is 6.64. The van der Waals surface area contributed by atoms with E-state index in [2.05, 4.69) is 29.0 Å². The van der Waals surface area contributed by atoms with E-state index in [-0.39, 0.29) is 5.54 Å². The third-order valence-electron chi connectivity index (χ3n) is 4.27. The standard InChI is InChI=1S/C18H20N4O/c1-18(2)12-22(8-7-20-18)16-11-19-10-15(21-16)14-5-3-4-13-6-9-23-17(13)14/h3-6,9-11,20H,7-8,12H2,1-2H3. The maximum absolute atomic E-state index is 5.63. The first kappa shape index (κ1) is 14.2. The van der Waals surface area contributed by atoms with Gasteiger partial charge in [-0.25, -0.2) is 4.98 Å². The highest BCUT2D eigenvalue weighted by Crippen LogP contribution is 2.29. The van der Waals surface area contributed by atoms with Crippen molar-refractivity contribution in [3.05, 3.63) is 42.9 Å². The van der Waals surface area contributed by atoms with Gasteiger partial charge in [-0.05, 0) is 26.0 Å². The topological polar surface area (TPSA) is 54.2 Å². The van der Waals surface area contributed by atoms with E-state index in [0.29, 0.717) is 0 Å². The Labute approximate surface area is 135 Å². The second kappa shape index (κ2) is 5.35. The van der Waals surface area contributed by atoms with Crippen LogP contribution in [0.15, 0.2) is 47.3 Å². The number of para-hydroxylation sites is 1. The quantitative estimate of drug-likeness (QED) is 0.788. The summed E-state index contributed by atoms with van der Waals surface area (Å²) in [5.74, 6) is 0.917. The molecule has 3 heterocycles. The summed E-state index contributed by atoms with van der Waals surface area (Å²) in [6.45, 7) is 7.22. The monoisotopic (exact) mass is 308 g/mol. The molecular weight excluding hydrogens is 288 g/mol. The summed E-state index contributed by atoms with van der Waals surface area (Å²) in [6, 6.07) is 8.06. The van der Waals surface area contributed by atoms with Crippen molar-refractivity contribution in [2.24, 2.45) is 0 Å². The van der Waals surface area contributed by atoms with Crippen molar-refractivity contribution >= 4 is 16.8 Å². The molecule has 3 aromatic rings. The summed E-state index contributed by atoms with van der Waals surface area (Å²) in [5, 5.41) is 4.60. The van der Waals surface area contributed by atoms with E-state index < -0.39 is 0 Å². The van der Waals surface area contributed by atoms with Crippen LogP contribution in [0.3, 0.4) is 0 Å².